The number of pyridine rings is 1. The Bertz CT molecular complexity index is 1210. The first kappa shape index (κ1) is 23.5. The molecule has 0 aliphatic heterocycles. The van der Waals surface area contributed by atoms with E-state index in [1.165, 1.54) is 0 Å². The van der Waals surface area contributed by atoms with E-state index < -0.39 is 0 Å². The fraction of sp³-hybridized carbons (Fsp3) is 0.200. The lowest BCUT2D eigenvalue weighted by atomic mass is 10.1. The van der Waals surface area contributed by atoms with Crippen molar-refractivity contribution in [2.75, 3.05) is 26.1 Å². The largest absolute Gasteiger partial charge is 0.497 e. The quantitative estimate of drug-likeness (QED) is 0.337. The second-order valence-electron chi connectivity index (χ2n) is 7.35. The number of hydrogen-bond donors (Lipinski definition) is 1. The second kappa shape index (κ2) is 11.4. The van der Waals surface area contributed by atoms with Gasteiger partial charge in [-0.3, -0.25) is 14.3 Å². The Labute approximate surface area is 202 Å². The number of ether oxygens (including phenoxy) is 2. The molecule has 8 nitrogen and oxygen atoms in total. The minimum absolute atomic E-state index is 0.161. The standard InChI is InChI=1S/C25H25N5O3S/c1-32-16-15-30-23(19-11-13-26-14-12-19)28-29-25(30)34-17-18-3-5-20(6-4-18)24(31)27-21-7-9-22(33-2)10-8-21/h3-14H,15-17H2,1-2H3,(H,27,31). The number of aromatic nitrogens is 4. The minimum Gasteiger partial charge on any atom is -0.497 e. The van der Waals surface area contributed by atoms with Crippen LogP contribution >= 0.6 is 11.8 Å². The number of carbonyl (C=O) groups is 1. The third-order valence-electron chi connectivity index (χ3n) is 5.11. The number of thioether (sulfide) groups is 1. The summed E-state index contributed by atoms with van der Waals surface area (Å²) in [6.07, 6.45) is 3.48. The zero-order chi connectivity index (χ0) is 23.8. The van der Waals surface area contributed by atoms with Gasteiger partial charge in [0.15, 0.2) is 11.0 Å². The van der Waals surface area contributed by atoms with E-state index in [0.29, 0.717) is 30.2 Å². The molecule has 9 heteroatoms. The normalized spacial score (nSPS) is 10.8. The molecular weight excluding hydrogens is 450 g/mol. The second-order valence-corrected chi connectivity index (χ2v) is 8.30. The molecule has 2 heterocycles. The smallest absolute Gasteiger partial charge is 0.255 e. The molecule has 0 fully saturated rings. The molecule has 0 bridgehead atoms. The number of nitrogens with zero attached hydrogens (tertiary/aromatic N) is 4. The van der Waals surface area contributed by atoms with E-state index in [9.17, 15) is 4.79 Å². The lowest BCUT2D eigenvalue weighted by Gasteiger charge is -2.10. The Kier molecular flexibility index (Phi) is 7.90. The molecule has 0 saturated heterocycles. The van der Waals surface area contributed by atoms with E-state index >= 15 is 0 Å². The predicted octanol–water partition coefficient (Wildman–Crippen LogP) is 4.54. The third-order valence-corrected chi connectivity index (χ3v) is 6.14. The Morgan fingerprint density at radius 1 is 0.971 bits per heavy atom. The molecule has 0 saturated carbocycles. The maximum absolute atomic E-state index is 12.6. The van der Waals surface area contributed by atoms with Crippen LogP contribution in [0.5, 0.6) is 5.75 Å². The molecule has 0 aliphatic carbocycles. The molecule has 1 amide bonds. The molecule has 4 aromatic rings. The average Bonchev–Trinajstić information content (AvgIpc) is 3.30. The molecular formula is C25H25N5O3S. The van der Waals surface area contributed by atoms with Crippen molar-refractivity contribution in [2.45, 2.75) is 17.5 Å². The fourth-order valence-electron chi connectivity index (χ4n) is 3.27. The Hall–Kier alpha value is -3.69. The first-order valence-corrected chi connectivity index (χ1v) is 11.7. The summed E-state index contributed by atoms with van der Waals surface area (Å²) in [6, 6.07) is 18.6. The Balaban J connectivity index is 1.41. The van der Waals surface area contributed by atoms with Crippen LogP contribution in [-0.2, 0) is 17.0 Å². The zero-order valence-corrected chi connectivity index (χ0v) is 19.8. The highest BCUT2D eigenvalue weighted by Gasteiger charge is 2.14. The number of hydrogen-bond acceptors (Lipinski definition) is 7. The molecule has 0 radical (unpaired) electrons. The van der Waals surface area contributed by atoms with Crippen LogP contribution in [0.15, 0.2) is 78.2 Å². The van der Waals surface area contributed by atoms with Gasteiger partial charge in [0.1, 0.15) is 5.75 Å². The van der Waals surface area contributed by atoms with Crippen molar-refractivity contribution in [3.05, 3.63) is 84.2 Å². The van der Waals surface area contributed by atoms with Crippen LogP contribution < -0.4 is 10.1 Å². The summed E-state index contributed by atoms with van der Waals surface area (Å²) in [4.78, 5) is 16.6. The monoisotopic (exact) mass is 475 g/mol. The SMILES string of the molecule is COCCn1c(SCc2ccc(C(=O)Nc3ccc(OC)cc3)cc2)nnc1-c1ccncc1. The van der Waals surface area contributed by atoms with Crippen molar-refractivity contribution in [1.29, 1.82) is 0 Å². The molecule has 4 rings (SSSR count). The lowest BCUT2D eigenvalue weighted by molar-refractivity contribution is 0.102. The number of methoxy groups -OCH3 is 2. The van der Waals surface area contributed by atoms with Crippen LogP contribution in [0.1, 0.15) is 15.9 Å². The first-order chi connectivity index (χ1) is 16.7. The van der Waals surface area contributed by atoms with E-state index in [4.69, 9.17) is 9.47 Å². The van der Waals surface area contributed by atoms with Crippen LogP contribution in [0.3, 0.4) is 0 Å². The number of nitrogens with one attached hydrogen (secondary N) is 1. The van der Waals surface area contributed by atoms with Gasteiger partial charge in [-0.2, -0.15) is 0 Å². The minimum atomic E-state index is -0.161. The maximum atomic E-state index is 12.6. The first-order valence-electron chi connectivity index (χ1n) is 10.7. The van der Waals surface area contributed by atoms with E-state index in [0.717, 1.165) is 27.9 Å². The highest BCUT2D eigenvalue weighted by Crippen LogP contribution is 2.26. The topological polar surface area (TPSA) is 91.2 Å². The fourth-order valence-corrected chi connectivity index (χ4v) is 4.19. The molecule has 174 valence electrons. The highest BCUT2D eigenvalue weighted by molar-refractivity contribution is 7.98. The molecule has 2 aromatic carbocycles. The summed E-state index contributed by atoms with van der Waals surface area (Å²) in [5.74, 6) is 2.06. The summed E-state index contributed by atoms with van der Waals surface area (Å²) >= 11 is 1.59. The van der Waals surface area contributed by atoms with E-state index in [-0.39, 0.29) is 5.91 Å². The van der Waals surface area contributed by atoms with Crippen molar-refractivity contribution in [2.24, 2.45) is 0 Å². The van der Waals surface area contributed by atoms with Gasteiger partial charge in [-0.15, -0.1) is 10.2 Å². The van der Waals surface area contributed by atoms with Crippen LogP contribution in [-0.4, -0.2) is 46.5 Å². The summed E-state index contributed by atoms with van der Waals surface area (Å²) in [7, 11) is 3.28. The Morgan fingerprint density at radius 3 is 2.38 bits per heavy atom. The van der Waals surface area contributed by atoms with Gasteiger partial charge in [-0.05, 0) is 54.1 Å². The van der Waals surface area contributed by atoms with Crippen molar-refractivity contribution >= 4 is 23.4 Å². The summed E-state index contributed by atoms with van der Waals surface area (Å²) < 4.78 is 12.5. The number of carbonyl (C=O) groups excluding carboxylic acids is 1. The van der Waals surface area contributed by atoms with Crippen molar-refractivity contribution < 1.29 is 14.3 Å². The van der Waals surface area contributed by atoms with Gasteiger partial charge >= 0.3 is 0 Å². The van der Waals surface area contributed by atoms with Crippen molar-refractivity contribution in [1.82, 2.24) is 19.7 Å². The molecule has 0 spiro atoms. The molecule has 34 heavy (non-hydrogen) atoms. The number of amides is 1. The van der Waals surface area contributed by atoms with Gasteiger partial charge in [0.05, 0.1) is 20.3 Å². The van der Waals surface area contributed by atoms with Gasteiger partial charge in [0.2, 0.25) is 0 Å². The molecule has 0 atom stereocenters. The van der Waals surface area contributed by atoms with Gasteiger partial charge in [0, 0.05) is 42.1 Å². The van der Waals surface area contributed by atoms with Crippen LogP contribution in [0.25, 0.3) is 11.4 Å². The van der Waals surface area contributed by atoms with E-state index in [2.05, 4.69) is 25.1 Å². The lowest BCUT2D eigenvalue weighted by Crippen LogP contribution is -2.11. The van der Waals surface area contributed by atoms with Gasteiger partial charge in [0.25, 0.3) is 5.91 Å². The molecule has 1 N–H and O–H groups in total. The molecule has 0 unspecified atom stereocenters. The van der Waals surface area contributed by atoms with Crippen molar-refractivity contribution in [3.8, 4) is 17.1 Å². The summed E-state index contributed by atoms with van der Waals surface area (Å²) in [6.45, 7) is 1.20. The zero-order valence-electron chi connectivity index (χ0n) is 19.0. The predicted molar refractivity (Wildman–Crippen MR) is 132 cm³/mol. The van der Waals surface area contributed by atoms with E-state index in [1.54, 1.807) is 50.5 Å². The Morgan fingerprint density at radius 2 is 1.71 bits per heavy atom. The van der Waals surface area contributed by atoms with Gasteiger partial charge in [-0.1, -0.05) is 23.9 Å². The van der Waals surface area contributed by atoms with Crippen LogP contribution in [0.4, 0.5) is 5.69 Å². The number of rotatable bonds is 10. The summed E-state index contributed by atoms with van der Waals surface area (Å²) in [5.41, 5.74) is 3.34. The van der Waals surface area contributed by atoms with Crippen LogP contribution in [0, 0.1) is 0 Å². The highest BCUT2D eigenvalue weighted by atomic mass is 32.2. The number of anilines is 1. The van der Waals surface area contributed by atoms with Crippen LogP contribution in [0.2, 0.25) is 0 Å². The van der Waals surface area contributed by atoms with Gasteiger partial charge < -0.3 is 14.8 Å². The molecule has 2 aromatic heterocycles. The number of benzene rings is 2. The summed E-state index contributed by atoms with van der Waals surface area (Å²) in [5, 5.41) is 12.5. The third kappa shape index (κ3) is 5.81. The van der Waals surface area contributed by atoms with Crippen molar-refractivity contribution in [3.63, 3.8) is 0 Å². The maximum Gasteiger partial charge on any atom is 0.255 e. The van der Waals surface area contributed by atoms with Gasteiger partial charge in [-0.25, -0.2) is 0 Å². The van der Waals surface area contributed by atoms with E-state index in [1.807, 2.05) is 48.5 Å². The molecule has 0 aliphatic rings. The average molecular weight is 476 g/mol.